The fourth-order valence-electron chi connectivity index (χ4n) is 1.84. The SMILES string of the molecule is CCc1nccc(Br)c1/C=C(\C)c1ccncc1.CP. The van der Waals surface area contributed by atoms with Crippen LogP contribution in [0.4, 0.5) is 0 Å². The summed E-state index contributed by atoms with van der Waals surface area (Å²) in [5.74, 6) is 0. The van der Waals surface area contributed by atoms with Crippen LogP contribution in [0.5, 0.6) is 0 Å². The van der Waals surface area contributed by atoms with Crippen molar-refractivity contribution < 1.29 is 0 Å². The van der Waals surface area contributed by atoms with Crippen LogP contribution in [-0.4, -0.2) is 16.6 Å². The van der Waals surface area contributed by atoms with E-state index in [-0.39, 0.29) is 0 Å². The van der Waals surface area contributed by atoms with Crippen molar-refractivity contribution >= 4 is 36.8 Å². The second-order valence-corrected chi connectivity index (χ2v) is 4.92. The Morgan fingerprint density at radius 3 is 2.45 bits per heavy atom. The summed E-state index contributed by atoms with van der Waals surface area (Å²) < 4.78 is 1.09. The Bertz CT molecular complexity index is 568. The molecule has 1 unspecified atom stereocenters. The van der Waals surface area contributed by atoms with Crippen molar-refractivity contribution in [3.05, 3.63) is 58.1 Å². The van der Waals surface area contributed by atoms with Crippen molar-refractivity contribution in [1.29, 1.82) is 0 Å². The number of aryl methyl sites for hydroxylation is 1. The Kier molecular flexibility index (Phi) is 7.64. The fourth-order valence-corrected chi connectivity index (χ4v) is 2.30. The molecule has 0 aromatic carbocycles. The van der Waals surface area contributed by atoms with Crippen LogP contribution in [0.25, 0.3) is 11.6 Å². The molecular formula is C16H20BrN2P. The Balaban J connectivity index is 0.000000956. The molecule has 0 aliphatic heterocycles. The van der Waals surface area contributed by atoms with E-state index in [2.05, 4.69) is 55.1 Å². The maximum absolute atomic E-state index is 4.42. The summed E-state index contributed by atoms with van der Waals surface area (Å²) in [6, 6.07) is 6.01. The van der Waals surface area contributed by atoms with Crippen molar-refractivity contribution in [3.8, 4) is 0 Å². The minimum atomic E-state index is 0.925. The quantitative estimate of drug-likeness (QED) is 0.739. The van der Waals surface area contributed by atoms with Gasteiger partial charge in [-0.15, -0.1) is 9.24 Å². The number of aromatic nitrogens is 2. The van der Waals surface area contributed by atoms with E-state index in [1.165, 1.54) is 11.1 Å². The molecule has 0 radical (unpaired) electrons. The van der Waals surface area contributed by atoms with Crippen molar-refractivity contribution in [1.82, 2.24) is 9.97 Å². The summed E-state index contributed by atoms with van der Waals surface area (Å²) in [4.78, 5) is 8.46. The molecule has 0 fully saturated rings. The smallest absolute Gasteiger partial charge is 0.0484 e. The van der Waals surface area contributed by atoms with E-state index in [0.29, 0.717) is 0 Å². The van der Waals surface area contributed by atoms with Gasteiger partial charge in [-0.25, -0.2) is 0 Å². The maximum Gasteiger partial charge on any atom is 0.0484 e. The van der Waals surface area contributed by atoms with Crippen LogP contribution in [0.3, 0.4) is 0 Å². The lowest BCUT2D eigenvalue weighted by Crippen LogP contribution is -1.93. The van der Waals surface area contributed by atoms with Gasteiger partial charge in [0.15, 0.2) is 0 Å². The van der Waals surface area contributed by atoms with Gasteiger partial charge in [0.2, 0.25) is 0 Å². The second kappa shape index (κ2) is 8.99. The molecule has 106 valence electrons. The average Bonchev–Trinajstić information content (AvgIpc) is 2.52. The third kappa shape index (κ3) is 4.50. The Hall–Kier alpha value is -1.05. The zero-order valence-corrected chi connectivity index (χ0v) is 14.8. The molecule has 0 aliphatic carbocycles. The number of hydrogen-bond donors (Lipinski definition) is 0. The molecule has 0 spiro atoms. The van der Waals surface area contributed by atoms with Gasteiger partial charge in [0, 0.05) is 34.3 Å². The predicted octanol–water partition coefficient (Wildman–Crippen LogP) is 4.85. The van der Waals surface area contributed by atoms with Crippen molar-refractivity contribution in [2.24, 2.45) is 0 Å². The van der Waals surface area contributed by atoms with E-state index in [1.54, 1.807) is 0 Å². The lowest BCUT2D eigenvalue weighted by molar-refractivity contribution is 1.02. The zero-order valence-electron chi connectivity index (χ0n) is 12.1. The van der Waals surface area contributed by atoms with Gasteiger partial charge in [0.05, 0.1) is 0 Å². The van der Waals surface area contributed by atoms with Gasteiger partial charge in [-0.3, -0.25) is 9.97 Å². The highest BCUT2D eigenvalue weighted by molar-refractivity contribution is 9.10. The van der Waals surface area contributed by atoms with Gasteiger partial charge in [0.25, 0.3) is 0 Å². The molecule has 2 rings (SSSR count). The molecule has 2 heterocycles. The minimum Gasteiger partial charge on any atom is -0.265 e. The van der Waals surface area contributed by atoms with Gasteiger partial charge in [-0.1, -0.05) is 29.5 Å². The summed E-state index contributed by atoms with van der Waals surface area (Å²) in [6.07, 6.45) is 8.56. The molecule has 4 heteroatoms. The monoisotopic (exact) mass is 350 g/mol. The van der Waals surface area contributed by atoms with E-state index in [9.17, 15) is 0 Å². The van der Waals surface area contributed by atoms with Gasteiger partial charge in [0.1, 0.15) is 0 Å². The lowest BCUT2D eigenvalue weighted by atomic mass is 10.0. The third-order valence-electron chi connectivity index (χ3n) is 2.85. The van der Waals surface area contributed by atoms with Crippen LogP contribution in [-0.2, 0) is 6.42 Å². The average molecular weight is 351 g/mol. The number of pyridine rings is 2. The van der Waals surface area contributed by atoms with E-state index in [0.717, 1.165) is 22.2 Å². The van der Waals surface area contributed by atoms with Gasteiger partial charge < -0.3 is 0 Å². The van der Waals surface area contributed by atoms with Crippen molar-refractivity contribution in [3.63, 3.8) is 0 Å². The molecule has 0 aliphatic rings. The Labute approximate surface area is 132 Å². The number of rotatable bonds is 3. The highest BCUT2D eigenvalue weighted by atomic mass is 79.9. The molecule has 0 bridgehead atoms. The topological polar surface area (TPSA) is 25.8 Å². The van der Waals surface area contributed by atoms with E-state index in [4.69, 9.17) is 0 Å². The third-order valence-corrected chi connectivity index (χ3v) is 3.54. The minimum absolute atomic E-state index is 0.925. The standard InChI is InChI=1S/C15H15BrN2.CH5P/c1-3-15-13(14(16)6-9-18-15)10-11(2)12-4-7-17-8-5-12;1-2/h4-10H,3H2,1-2H3;2H2,1H3/b11-10+;. The fraction of sp³-hybridized carbons (Fsp3) is 0.250. The molecule has 20 heavy (non-hydrogen) atoms. The van der Waals surface area contributed by atoms with E-state index < -0.39 is 0 Å². The second-order valence-electron chi connectivity index (χ2n) is 4.07. The number of nitrogens with zero attached hydrogens (tertiary/aromatic N) is 2. The first-order chi connectivity index (χ1) is 9.72. The van der Waals surface area contributed by atoms with Crippen molar-refractivity contribution in [2.75, 3.05) is 6.66 Å². The maximum atomic E-state index is 4.42. The summed E-state index contributed by atoms with van der Waals surface area (Å²) in [7, 11) is 2.42. The predicted molar refractivity (Wildman–Crippen MR) is 94.7 cm³/mol. The van der Waals surface area contributed by atoms with Crippen LogP contribution >= 0.6 is 25.2 Å². The van der Waals surface area contributed by atoms with Crippen LogP contribution in [0.2, 0.25) is 0 Å². The molecule has 0 amide bonds. The van der Waals surface area contributed by atoms with Gasteiger partial charge in [-0.2, -0.15) is 0 Å². The van der Waals surface area contributed by atoms with Crippen molar-refractivity contribution in [2.45, 2.75) is 20.3 Å². The first-order valence-electron chi connectivity index (χ1n) is 6.52. The van der Waals surface area contributed by atoms with Crippen LogP contribution < -0.4 is 0 Å². The van der Waals surface area contributed by atoms with Crippen LogP contribution in [0.15, 0.2) is 41.3 Å². The normalized spacial score (nSPS) is 10.8. The highest BCUT2D eigenvalue weighted by Crippen LogP contribution is 2.25. The first-order valence-corrected chi connectivity index (χ1v) is 8.47. The Morgan fingerprint density at radius 2 is 1.85 bits per heavy atom. The lowest BCUT2D eigenvalue weighted by Gasteiger charge is -2.07. The Morgan fingerprint density at radius 1 is 1.20 bits per heavy atom. The zero-order chi connectivity index (χ0) is 15.0. The van der Waals surface area contributed by atoms with Crippen LogP contribution in [0.1, 0.15) is 30.7 Å². The summed E-state index contributed by atoms with van der Waals surface area (Å²) in [5.41, 5.74) is 4.66. The van der Waals surface area contributed by atoms with Crippen LogP contribution in [0, 0.1) is 0 Å². The first kappa shape index (κ1) is 17.0. The largest absolute Gasteiger partial charge is 0.265 e. The summed E-state index contributed by atoms with van der Waals surface area (Å²) >= 11 is 3.59. The molecule has 2 aromatic heterocycles. The number of hydrogen-bond acceptors (Lipinski definition) is 2. The molecule has 0 saturated heterocycles. The molecule has 2 aromatic rings. The summed E-state index contributed by atoms with van der Waals surface area (Å²) in [6.45, 7) is 6.14. The molecule has 2 nitrogen and oxygen atoms in total. The summed E-state index contributed by atoms with van der Waals surface area (Å²) in [5, 5.41) is 0. The number of allylic oxidation sites excluding steroid dienone is 1. The van der Waals surface area contributed by atoms with Gasteiger partial charge >= 0.3 is 0 Å². The van der Waals surface area contributed by atoms with E-state index >= 15 is 0 Å². The molecule has 0 N–H and O–H groups in total. The molecule has 1 atom stereocenters. The number of halogens is 1. The van der Waals surface area contributed by atoms with E-state index in [1.807, 2.05) is 43.5 Å². The molecule has 0 saturated carbocycles. The van der Waals surface area contributed by atoms with Gasteiger partial charge in [-0.05, 0) is 48.8 Å². The molecular weight excluding hydrogens is 331 g/mol. The highest BCUT2D eigenvalue weighted by Gasteiger charge is 2.05.